The molecule has 0 radical (unpaired) electrons. The van der Waals surface area contributed by atoms with E-state index in [1.807, 2.05) is 53.8 Å². The van der Waals surface area contributed by atoms with E-state index in [9.17, 15) is 0 Å². The van der Waals surface area contributed by atoms with Crippen molar-refractivity contribution in [3.63, 3.8) is 0 Å². The number of rotatable bonds is 6. The van der Waals surface area contributed by atoms with E-state index in [1.165, 1.54) is 20.2 Å². The number of aromatic nitrogens is 3. The van der Waals surface area contributed by atoms with Gasteiger partial charge in [-0.05, 0) is 76.3 Å². The van der Waals surface area contributed by atoms with Crippen molar-refractivity contribution in [2.45, 2.75) is 0 Å². The molecule has 0 spiro atoms. The van der Waals surface area contributed by atoms with Gasteiger partial charge in [0.05, 0.1) is 0 Å². The van der Waals surface area contributed by atoms with Crippen molar-refractivity contribution in [2.75, 3.05) is 0 Å². The van der Waals surface area contributed by atoms with Crippen LogP contribution in [0.5, 0.6) is 0 Å². The SMILES string of the molecule is c1ccc(-c2cc(-c3ccccc3)cc(-c3nc(-c4ccccc4)nc(-c4ccc(-c5cccc6sc7ccccc7c56)c5oc6ccccc6c45)n3)c2)cc1. The van der Waals surface area contributed by atoms with Gasteiger partial charge in [0, 0.05) is 53.2 Å². The number of furan rings is 1. The molecule has 0 saturated heterocycles. The fraction of sp³-hybridized carbons (Fsp3) is 0. The van der Waals surface area contributed by atoms with Gasteiger partial charge in [-0.3, -0.25) is 0 Å². The van der Waals surface area contributed by atoms with E-state index in [4.69, 9.17) is 19.4 Å². The lowest BCUT2D eigenvalue weighted by Crippen LogP contribution is -2.01. The summed E-state index contributed by atoms with van der Waals surface area (Å²) in [5.74, 6) is 1.79. The first kappa shape index (κ1) is 32.2. The summed E-state index contributed by atoms with van der Waals surface area (Å²) in [6, 6.07) is 65.5. The van der Waals surface area contributed by atoms with Crippen LogP contribution in [0.25, 0.3) is 110 Å². The lowest BCUT2D eigenvalue weighted by molar-refractivity contribution is 0.670. The van der Waals surface area contributed by atoms with Gasteiger partial charge in [0.15, 0.2) is 17.5 Å². The Morgan fingerprint density at radius 3 is 1.59 bits per heavy atom. The minimum absolute atomic E-state index is 0.586. The van der Waals surface area contributed by atoms with Gasteiger partial charge in [0.2, 0.25) is 0 Å². The van der Waals surface area contributed by atoms with Crippen LogP contribution in [0.3, 0.4) is 0 Å². The summed E-state index contributed by atoms with van der Waals surface area (Å²) in [7, 11) is 0. The molecule has 56 heavy (non-hydrogen) atoms. The molecular weight excluding hydrogens is 703 g/mol. The van der Waals surface area contributed by atoms with Crippen molar-refractivity contribution < 1.29 is 4.42 Å². The Bertz CT molecular complexity index is 3180. The molecule has 0 atom stereocenters. The van der Waals surface area contributed by atoms with Gasteiger partial charge >= 0.3 is 0 Å². The van der Waals surface area contributed by atoms with Gasteiger partial charge in [-0.15, -0.1) is 11.3 Å². The van der Waals surface area contributed by atoms with Gasteiger partial charge in [0.1, 0.15) is 11.2 Å². The molecule has 0 aliphatic heterocycles. The van der Waals surface area contributed by atoms with E-state index in [0.717, 1.165) is 72.0 Å². The van der Waals surface area contributed by atoms with E-state index in [0.29, 0.717) is 17.5 Å². The maximum atomic E-state index is 6.83. The number of fused-ring (bicyclic) bond motifs is 6. The highest BCUT2D eigenvalue weighted by atomic mass is 32.1. The summed E-state index contributed by atoms with van der Waals surface area (Å²) in [4.78, 5) is 15.7. The second-order valence-corrected chi connectivity index (χ2v) is 15.0. The van der Waals surface area contributed by atoms with Gasteiger partial charge < -0.3 is 4.42 Å². The number of nitrogens with zero attached hydrogens (tertiary/aromatic N) is 3. The van der Waals surface area contributed by atoms with E-state index in [2.05, 4.69) is 146 Å². The molecule has 0 fully saturated rings. The minimum atomic E-state index is 0.586. The predicted octanol–water partition coefficient (Wildman–Crippen LogP) is 14.1. The van der Waals surface area contributed by atoms with Gasteiger partial charge in [-0.1, -0.05) is 140 Å². The van der Waals surface area contributed by atoms with Crippen LogP contribution in [0.2, 0.25) is 0 Å². The largest absolute Gasteiger partial charge is 0.455 e. The Kier molecular flexibility index (Phi) is 7.64. The number of hydrogen-bond acceptors (Lipinski definition) is 5. The first-order valence-electron chi connectivity index (χ1n) is 18.7. The molecule has 0 aliphatic carbocycles. The standard InChI is InChI=1S/C51H31N3OS/c1-4-15-32(16-5-1)35-29-36(33-17-6-2-7-18-33)31-37(30-35)50-52-49(34-19-8-3-9-20-34)53-51(54-50)42-28-27-39(48-47(42)40-21-10-12-24-43(40)55-48)38-23-14-26-45-46(38)41-22-11-13-25-44(41)56-45/h1-31H. The van der Waals surface area contributed by atoms with Crippen molar-refractivity contribution in [1.29, 1.82) is 0 Å². The van der Waals surface area contributed by atoms with Gasteiger partial charge in [-0.25, -0.2) is 15.0 Å². The number of para-hydroxylation sites is 1. The maximum absolute atomic E-state index is 6.83. The highest BCUT2D eigenvalue weighted by Gasteiger charge is 2.22. The smallest absolute Gasteiger partial charge is 0.164 e. The molecular formula is C51H31N3OS. The zero-order valence-corrected chi connectivity index (χ0v) is 30.9. The number of thiophene rings is 1. The molecule has 0 amide bonds. The molecule has 0 bridgehead atoms. The molecule has 262 valence electrons. The Morgan fingerprint density at radius 1 is 0.339 bits per heavy atom. The van der Waals surface area contributed by atoms with E-state index < -0.39 is 0 Å². The van der Waals surface area contributed by atoms with Crippen LogP contribution in [0, 0.1) is 0 Å². The third kappa shape index (κ3) is 5.48. The van der Waals surface area contributed by atoms with Crippen LogP contribution in [-0.4, -0.2) is 15.0 Å². The fourth-order valence-electron chi connectivity index (χ4n) is 7.92. The summed E-state index contributed by atoms with van der Waals surface area (Å²) in [6.07, 6.45) is 0. The quantitative estimate of drug-likeness (QED) is 0.171. The van der Waals surface area contributed by atoms with Gasteiger partial charge in [0.25, 0.3) is 0 Å². The summed E-state index contributed by atoms with van der Waals surface area (Å²) < 4.78 is 9.35. The van der Waals surface area contributed by atoms with Crippen LogP contribution < -0.4 is 0 Å². The van der Waals surface area contributed by atoms with Crippen LogP contribution >= 0.6 is 11.3 Å². The van der Waals surface area contributed by atoms with E-state index in [-0.39, 0.29) is 0 Å². The molecule has 3 aromatic heterocycles. The molecule has 3 heterocycles. The third-order valence-corrected chi connectivity index (χ3v) is 11.7. The molecule has 11 aromatic rings. The molecule has 0 N–H and O–H groups in total. The van der Waals surface area contributed by atoms with Crippen LogP contribution in [-0.2, 0) is 0 Å². The average Bonchev–Trinajstić information content (AvgIpc) is 3.86. The Morgan fingerprint density at radius 2 is 0.875 bits per heavy atom. The van der Waals surface area contributed by atoms with E-state index in [1.54, 1.807) is 0 Å². The van der Waals surface area contributed by atoms with Crippen molar-refractivity contribution in [3.05, 3.63) is 188 Å². The maximum Gasteiger partial charge on any atom is 0.164 e. The zero-order chi connectivity index (χ0) is 37.0. The van der Waals surface area contributed by atoms with Gasteiger partial charge in [-0.2, -0.15) is 0 Å². The molecule has 5 heteroatoms. The second-order valence-electron chi connectivity index (χ2n) is 13.9. The number of hydrogen-bond donors (Lipinski definition) is 0. The molecule has 0 aliphatic rings. The first-order chi connectivity index (χ1) is 27.7. The van der Waals surface area contributed by atoms with Crippen molar-refractivity contribution in [3.8, 4) is 67.5 Å². The monoisotopic (exact) mass is 733 g/mol. The predicted molar refractivity (Wildman–Crippen MR) is 233 cm³/mol. The fourth-order valence-corrected chi connectivity index (χ4v) is 9.05. The van der Waals surface area contributed by atoms with Crippen molar-refractivity contribution >= 4 is 53.4 Å². The van der Waals surface area contributed by atoms with Crippen molar-refractivity contribution in [1.82, 2.24) is 15.0 Å². The van der Waals surface area contributed by atoms with Crippen LogP contribution in [0.4, 0.5) is 0 Å². The summed E-state index contributed by atoms with van der Waals surface area (Å²) in [6.45, 7) is 0. The lowest BCUT2D eigenvalue weighted by atomic mass is 9.95. The lowest BCUT2D eigenvalue weighted by Gasteiger charge is -2.13. The average molecular weight is 734 g/mol. The Labute approximate surface area is 327 Å². The molecule has 0 unspecified atom stereocenters. The van der Waals surface area contributed by atoms with E-state index >= 15 is 0 Å². The first-order valence-corrected chi connectivity index (χ1v) is 19.5. The minimum Gasteiger partial charge on any atom is -0.455 e. The zero-order valence-electron chi connectivity index (χ0n) is 30.1. The topological polar surface area (TPSA) is 51.8 Å². The normalized spacial score (nSPS) is 11.6. The van der Waals surface area contributed by atoms with Crippen LogP contribution in [0.1, 0.15) is 0 Å². The molecule has 0 saturated carbocycles. The molecule has 4 nitrogen and oxygen atoms in total. The molecule has 11 rings (SSSR count). The summed E-state index contributed by atoms with van der Waals surface area (Å²) >= 11 is 1.82. The highest BCUT2D eigenvalue weighted by Crippen LogP contribution is 2.46. The Balaban J connectivity index is 1.18. The highest BCUT2D eigenvalue weighted by molar-refractivity contribution is 7.25. The summed E-state index contributed by atoms with van der Waals surface area (Å²) in [5, 5.41) is 4.48. The number of benzene rings is 8. The van der Waals surface area contributed by atoms with Crippen LogP contribution in [0.15, 0.2) is 192 Å². The third-order valence-electron chi connectivity index (χ3n) is 10.5. The van der Waals surface area contributed by atoms with Crippen molar-refractivity contribution in [2.24, 2.45) is 0 Å². The Hall–Kier alpha value is -7.21. The summed E-state index contributed by atoms with van der Waals surface area (Å²) in [5.41, 5.74) is 11.0. The molecule has 8 aromatic carbocycles. The second kappa shape index (κ2) is 13.3.